The van der Waals surface area contributed by atoms with Crippen LogP contribution in [-0.4, -0.2) is 51.1 Å². The van der Waals surface area contributed by atoms with Crippen LogP contribution in [0.25, 0.3) is 0 Å². The molecule has 8 heteroatoms. The molecule has 2 amide bonds. The number of likely N-dealkylation sites (tertiary alicyclic amines) is 1. The smallest absolute Gasteiger partial charge is 0.265 e. The Kier molecular flexibility index (Phi) is 4.29. The predicted molar refractivity (Wildman–Crippen MR) is 73.4 cm³/mol. The normalized spacial score (nSPS) is 18.9. The first-order valence-electron chi connectivity index (χ1n) is 6.20. The average molecular weight is 313 g/mol. The van der Waals surface area contributed by atoms with Crippen molar-refractivity contribution in [3.05, 3.63) is 29.8 Å². The Labute approximate surface area is 122 Å². The summed E-state index contributed by atoms with van der Waals surface area (Å²) in [6.45, 7) is 0.129. The molecule has 1 aromatic carbocycles. The first-order valence-corrected chi connectivity index (χ1v) is 8.01. The van der Waals surface area contributed by atoms with Crippen molar-refractivity contribution in [1.82, 2.24) is 4.90 Å². The van der Waals surface area contributed by atoms with Crippen molar-refractivity contribution in [2.75, 3.05) is 19.9 Å². The monoisotopic (exact) mass is 313 g/mol. The van der Waals surface area contributed by atoms with Crippen LogP contribution in [0.3, 0.4) is 0 Å². The van der Waals surface area contributed by atoms with Gasteiger partial charge in [-0.05, 0) is 24.3 Å². The number of nitrogens with zero attached hydrogens (tertiary/aromatic N) is 1. The highest BCUT2D eigenvalue weighted by Gasteiger charge is 2.38. The summed E-state index contributed by atoms with van der Waals surface area (Å²) < 4.78 is 31.8. The van der Waals surface area contributed by atoms with Crippen LogP contribution in [-0.2, 0) is 19.1 Å². The Morgan fingerprint density at radius 1 is 1.29 bits per heavy atom. The van der Waals surface area contributed by atoms with Gasteiger partial charge < -0.3 is 4.74 Å². The van der Waals surface area contributed by atoms with Crippen LogP contribution in [0, 0.1) is 0 Å². The van der Waals surface area contributed by atoms with Gasteiger partial charge in [-0.3, -0.25) is 18.7 Å². The number of hydrogen-bond acceptors (Lipinski definition) is 6. The van der Waals surface area contributed by atoms with Gasteiger partial charge in [0.2, 0.25) is 0 Å². The lowest BCUT2D eigenvalue weighted by Gasteiger charge is -2.14. The van der Waals surface area contributed by atoms with Gasteiger partial charge in [0.25, 0.3) is 21.9 Å². The van der Waals surface area contributed by atoms with E-state index in [1.807, 2.05) is 0 Å². The number of imide groups is 1. The van der Waals surface area contributed by atoms with Crippen molar-refractivity contribution >= 4 is 21.9 Å². The molecule has 0 aromatic heterocycles. The van der Waals surface area contributed by atoms with Crippen molar-refractivity contribution < 1.29 is 26.9 Å². The third kappa shape index (κ3) is 3.59. The van der Waals surface area contributed by atoms with Gasteiger partial charge in [0.1, 0.15) is 5.75 Å². The van der Waals surface area contributed by atoms with Gasteiger partial charge in [0.15, 0.2) is 6.10 Å². The van der Waals surface area contributed by atoms with E-state index in [0.717, 1.165) is 11.2 Å². The standard InChI is InChI=1S/C13H15NO6S/c1-19-10-5-3-9(4-6-10)12(15)14-8-7-11(13(14)16)20-21(2,17)18/h3-6,11H,7-8H2,1-2H3. The summed E-state index contributed by atoms with van der Waals surface area (Å²) in [6.07, 6.45) is -0.0932. The molecule has 21 heavy (non-hydrogen) atoms. The molecule has 2 rings (SSSR count). The number of carbonyl (C=O) groups is 2. The molecule has 0 bridgehead atoms. The van der Waals surface area contributed by atoms with Crippen LogP contribution in [0.4, 0.5) is 0 Å². The number of amides is 2. The Morgan fingerprint density at radius 2 is 1.90 bits per heavy atom. The number of benzene rings is 1. The Bertz CT molecular complexity index is 652. The Hall–Kier alpha value is -1.93. The summed E-state index contributed by atoms with van der Waals surface area (Å²) in [5.41, 5.74) is 0.323. The van der Waals surface area contributed by atoms with Crippen LogP contribution in [0.1, 0.15) is 16.8 Å². The predicted octanol–water partition coefficient (Wildman–Crippen LogP) is 0.412. The third-order valence-electron chi connectivity index (χ3n) is 3.03. The van der Waals surface area contributed by atoms with Crippen molar-refractivity contribution in [2.24, 2.45) is 0 Å². The molecular weight excluding hydrogens is 298 g/mol. The molecule has 1 aliphatic heterocycles. The van der Waals surface area contributed by atoms with E-state index in [1.54, 1.807) is 24.3 Å². The van der Waals surface area contributed by atoms with E-state index in [9.17, 15) is 18.0 Å². The van der Waals surface area contributed by atoms with E-state index < -0.39 is 28.0 Å². The summed E-state index contributed by atoms with van der Waals surface area (Å²) >= 11 is 0. The van der Waals surface area contributed by atoms with E-state index in [4.69, 9.17) is 4.74 Å². The molecule has 0 N–H and O–H groups in total. The molecule has 0 radical (unpaired) electrons. The summed E-state index contributed by atoms with van der Waals surface area (Å²) in [4.78, 5) is 25.2. The van der Waals surface area contributed by atoms with Gasteiger partial charge in [-0.15, -0.1) is 0 Å². The minimum absolute atomic E-state index is 0.129. The molecule has 1 aliphatic rings. The molecule has 1 unspecified atom stereocenters. The van der Waals surface area contributed by atoms with Crippen LogP contribution in [0.2, 0.25) is 0 Å². The summed E-state index contributed by atoms with van der Waals surface area (Å²) in [5, 5.41) is 0. The lowest BCUT2D eigenvalue weighted by molar-refractivity contribution is -0.131. The molecule has 7 nitrogen and oxygen atoms in total. The highest BCUT2D eigenvalue weighted by atomic mass is 32.2. The molecule has 1 fully saturated rings. The van der Waals surface area contributed by atoms with E-state index in [2.05, 4.69) is 4.18 Å². The van der Waals surface area contributed by atoms with Gasteiger partial charge in [-0.25, -0.2) is 0 Å². The highest BCUT2D eigenvalue weighted by molar-refractivity contribution is 7.86. The average Bonchev–Trinajstić information content (AvgIpc) is 2.78. The maximum Gasteiger partial charge on any atom is 0.265 e. The molecule has 0 spiro atoms. The first kappa shape index (κ1) is 15.5. The minimum Gasteiger partial charge on any atom is -0.497 e. The van der Waals surface area contributed by atoms with E-state index in [0.29, 0.717) is 11.3 Å². The number of ether oxygens (including phenoxy) is 1. The fourth-order valence-electron chi connectivity index (χ4n) is 2.05. The van der Waals surface area contributed by atoms with E-state index in [1.165, 1.54) is 7.11 Å². The fourth-order valence-corrected chi connectivity index (χ4v) is 2.65. The quantitative estimate of drug-likeness (QED) is 0.591. The molecule has 0 saturated carbocycles. The molecule has 0 aliphatic carbocycles. The number of hydrogen-bond donors (Lipinski definition) is 0. The summed E-state index contributed by atoms with van der Waals surface area (Å²) in [6, 6.07) is 6.30. The zero-order valence-corrected chi connectivity index (χ0v) is 12.4. The second-order valence-electron chi connectivity index (χ2n) is 4.60. The molecular formula is C13H15NO6S. The van der Waals surface area contributed by atoms with Crippen molar-refractivity contribution in [2.45, 2.75) is 12.5 Å². The molecule has 1 heterocycles. The minimum atomic E-state index is -3.74. The Morgan fingerprint density at radius 3 is 2.43 bits per heavy atom. The zero-order chi connectivity index (χ0) is 15.6. The molecule has 1 aromatic rings. The Balaban J connectivity index is 2.11. The van der Waals surface area contributed by atoms with Gasteiger partial charge in [0, 0.05) is 18.5 Å². The highest BCUT2D eigenvalue weighted by Crippen LogP contribution is 2.20. The largest absolute Gasteiger partial charge is 0.497 e. The van der Waals surface area contributed by atoms with Crippen molar-refractivity contribution in [1.29, 1.82) is 0 Å². The number of carbonyl (C=O) groups excluding carboxylic acids is 2. The fraction of sp³-hybridized carbons (Fsp3) is 0.385. The lowest BCUT2D eigenvalue weighted by atomic mass is 10.2. The van der Waals surface area contributed by atoms with Crippen LogP contribution in [0.5, 0.6) is 5.75 Å². The van der Waals surface area contributed by atoms with E-state index >= 15 is 0 Å². The lowest BCUT2D eigenvalue weighted by Crippen LogP contribution is -2.36. The van der Waals surface area contributed by atoms with E-state index in [-0.39, 0.29) is 13.0 Å². The van der Waals surface area contributed by atoms with Gasteiger partial charge in [-0.1, -0.05) is 0 Å². The maximum absolute atomic E-state index is 12.2. The zero-order valence-electron chi connectivity index (χ0n) is 11.6. The number of rotatable bonds is 4. The molecule has 1 atom stereocenters. The van der Waals surface area contributed by atoms with Crippen LogP contribution >= 0.6 is 0 Å². The topological polar surface area (TPSA) is 90.0 Å². The summed E-state index contributed by atoms with van der Waals surface area (Å²) in [7, 11) is -2.23. The van der Waals surface area contributed by atoms with Crippen molar-refractivity contribution in [3.63, 3.8) is 0 Å². The first-order chi connectivity index (χ1) is 9.81. The number of methoxy groups -OCH3 is 1. The van der Waals surface area contributed by atoms with Gasteiger partial charge >= 0.3 is 0 Å². The maximum atomic E-state index is 12.2. The van der Waals surface area contributed by atoms with Crippen LogP contribution < -0.4 is 4.74 Å². The van der Waals surface area contributed by atoms with Crippen LogP contribution in [0.15, 0.2) is 24.3 Å². The van der Waals surface area contributed by atoms with Crippen molar-refractivity contribution in [3.8, 4) is 5.75 Å². The van der Waals surface area contributed by atoms with Gasteiger partial charge in [0.05, 0.1) is 13.4 Å². The second kappa shape index (κ2) is 5.82. The SMILES string of the molecule is COc1ccc(C(=O)N2CCC(OS(C)(=O)=O)C2=O)cc1. The summed E-state index contributed by atoms with van der Waals surface area (Å²) in [5.74, 6) is -0.527. The molecule has 1 saturated heterocycles. The van der Waals surface area contributed by atoms with Gasteiger partial charge in [-0.2, -0.15) is 8.42 Å². The molecule has 114 valence electrons. The third-order valence-corrected chi connectivity index (χ3v) is 3.61. The second-order valence-corrected chi connectivity index (χ2v) is 6.20.